The van der Waals surface area contributed by atoms with E-state index in [-0.39, 0.29) is 11.5 Å². The van der Waals surface area contributed by atoms with Gasteiger partial charge in [-0.15, -0.1) is 0 Å². The van der Waals surface area contributed by atoms with Crippen LogP contribution in [-0.2, 0) is 9.47 Å². The van der Waals surface area contributed by atoms with E-state index >= 15 is 0 Å². The third-order valence-corrected chi connectivity index (χ3v) is 2.50. The van der Waals surface area contributed by atoms with Gasteiger partial charge in [0.1, 0.15) is 11.5 Å². The zero-order valence-electron chi connectivity index (χ0n) is 9.18. The highest BCUT2D eigenvalue weighted by Gasteiger charge is 2.03. The Morgan fingerprint density at radius 2 is 1.29 bits per heavy atom. The summed E-state index contributed by atoms with van der Waals surface area (Å²) in [5, 5.41) is 16.5. The molecule has 17 heavy (non-hydrogen) atoms. The van der Waals surface area contributed by atoms with Crippen LogP contribution in [0.5, 0.6) is 0 Å². The summed E-state index contributed by atoms with van der Waals surface area (Å²) < 4.78 is 8.64. The molecule has 0 fully saturated rings. The smallest absolute Gasteiger partial charge is 0.449 e. The Balaban J connectivity index is 3.46. The first-order valence-corrected chi connectivity index (χ1v) is 5.82. The van der Waals surface area contributed by atoms with Crippen molar-refractivity contribution in [2.75, 3.05) is 11.5 Å². The van der Waals surface area contributed by atoms with Crippen molar-refractivity contribution in [3.05, 3.63) is 24.7 Å². The van der Waals surface area contributed by atoms with E-state index in [1.54, 1.807) is 0 Å². The normalized spacial score (nSPS) is 9.41. The molecule has 6 nitrogen and oxygen atoms in total. The molecule has 0 unspecified atom stereocenters. The number of ether oxygens (including phenoxy) is 2. The maximum absolute atomic E-state index is 10.1. The maximum atomic E-state index is 10.1. The van der Waals surface area contributed by atoms with E-state index in [0.29, 0.717) is 24.3 Å². The Bertz CT molecular complexity index is 282. The molecule has 0 atom stereocenters. The monoisotopic (exact) mass is 262 g/mol. The van der Waals surface area contributed by atoms with Gasteiger partial charge in [-0.3, -0.25) is 0 Å². The highest BCUT2D eigenvalue weighted by molar-refractivity contribution is 7.99. The van der Waals surface area contributed by atoms with Gasteiger partial charge in [0.15, 0.2) is 0 Å². The van der Waals surface area contributed by atoms with Crippen LogP contribution in [0.25, 0.3) is 0 Å². The number of allylic oxidation sites excluding steroid dienone is 2. The molecule has 0 aliphatic carbocycles. The van der Waals surface area contributed by atoms with Crippen LogP contribution in [0.4, 0.5) is 9.59 Å². The molecule has 0 spiro atoms. The summed E-state index contributed by atoms with van der Waals surface area (Å²) >= 11 is 1.50. The van der Waals surface area contributed by atoms with Crippen LogP contribution in [0, 0.1) is 0 Å². The summed E-state index contributed by atoms with van der Waals surface area (Å²) in [7, 11) is 0. The van der Waals surface area contributed by atoms with Gasteiger partial charge in [0.25, 0.3) is 0 Å². The molecule has 2 N–H and O–H groups in total. The Morgan fingerprint density at radius 3 is 1.59 bits per heavy atom. The van der Waals surface area contributed by atoms with Crippen molar-refractivity contribution >= 4 is 24.1 Å². The summed E-state index contributed by atoms with van der Waals surface area (Å²) in [4.78, 5) is 20.2. The van der Waals surface area contributed by atoms with E-state index < -0.39 is 12.3 Å². The van der Waals surface area contributed by atoms with Crippen LogP contribution in [0.1, 0.15) is 12.8 Å². The van der Waals surface area contributed by atoms with Crippen molar-refractivity contribution in [3.63, 3.8) is 0 Å². The van der Waals surface area contributed by atoms with Crippen molar-refractivity contribution < 1.29 is 29.3 Å². The molecule has 0 rings (SSSR count). The largest absolute Gasteiger partial charge is 0.510 e. The van der Waals surface area contributed by atoms with Gasteiger partial charge in [0.05, 0.1) is 0 Å². The molecular weight excluding hydrogens is 248 g/mol. The topological polar surface area (TPSA) is 93.1 Å². The number of hydrogen-bond acceptors (Lipinski definition) is 5. The number of thioether (sulfide) groups is 1. The molecule has 0 aliphatic heterocycles. The van der Waals surface area contributed by atoms with Crippen molar-refractivity contribution in [1.29, 1.82) is 0 Å². The van der Waals surface area contributed by atoms with Crippen LogP contribution in [-0.4, -0.2) is 34.0 Å². The number of carboxylic acid groups (broad SMARTS) is 2. The first-order chi connectivity index (χ1) is 7.91. The second kappa shape index (κ2) is 8.51. The lowest BCUT2D eigenvalue weighted by molar-refractivity contribution is 0.116. The minimum absolute atomic E-state index is 0.186. The second-order valence-electron chi connectivity index (χ2n) is 2.93. The van der Waals surface area contributed by atoms with E-state index in [1.807, 2.05) is 0 Å². The lowest BCUT2D eigenvalue weighted by Crippen LogP contribution is -2.01. The lowest BCUT2D eigenvalue weighted by Gasteiger charge is -2.05. The Kier molecular flexibility index (Phi) is 7.70. The van der Waals surface area contributed by atoms with Crippen molar-refractivity contribution in [2.24, 2.45) is 0 Å². The van der Waals surface area contributed by atoms with E-state index in [2.05, 4.69) is 22.6 Å². The maximum Gasteiger partial charge on any atom is 0.510 e. The average molecular weight is 262 g/mol. The van der Waals surface area contributed by atoms with Crippen molar-refractivity contribution in [3.8, 4) is 0 Å². The van der Waals surface area contributed by atoms with Crippen LogP contribution in [0.2, 0.25) is 0 Å². The van der Waals surface area contributed by atoms with E-state index in [0.717, 1.165) is 0 Å². The van der Waals surface area contributed by atoms with Crippen LogP contribution in [0.15, 0.2) is 24.7 Å². The summed E-state index contributed by atoms with van der Waals surface area (Å²) in [6.07, 6.45) is -1.90. The standard InChI is InChI=1S/C10H14O6S/c1-7(15-9(11)12)3-5-17-6-4-8(2)16-10(13)14/h1-6H2,(H,11,12)(H,13,14). The molecule has 0 aliphatic rings. The van der Waals surface area contributed by atoms with Gasteiger partial charge in [-0.05, 0) is 0 Å². The second-order valence-corrected chi connectivity index (χ2v) is 4.15. The molecule has 0 bridgehead atoms. The van der Waals surface area contributed by atoms with Gasteiger partial charge < -0.3 is 19.7 Å². The summed E-state index contributed by atoms with van der Waals surface area (Å²) in [6.45, 7) is 6.86. The molecule has 7 heteroatoms. The van der Waals surface area contributed by atoms with Crippen molar-refractivity contribution in [1.82, 2.24) is 0 Å². The molecule has 0 radical (unpaired) electrons. The summed E-state index contributed by atoms with van der Waals surface area (Å²) in [5.41, 5.74) is 0. The average Bonchev–Trinajstić information content (AvgIpc) is 2.14. The van der Waals surface area contributed by atoms with Gasteiger partial charge in [-0.25, -0.2) is 9.59 Å². The lowest BCUT2D eigenvalue weighted by atomic mass is 10.4. The molecule has 0 aromatic carbocycles. The fourth-order valence-corrected chi connectivity index (χ4v) is 1.77. The highest BCUT2D eigenvalue weighted by Crippen LogP contribution is 2.13. The van der Waals surface area contributed by atoms with Gasteiger partial charge >= 0.3 is 12.3 Å². The molecule has 0 amide bonds. The van der Waals surface area contributed by atoms with Gasteiger partial charge in [-0.1, -0.05) is 13.2 Å². The molecule has 0 saturated carbocycles. The van der Waals surface area contributed by atoms with Crippen LogP contribution < -0.4 is 0 Å². The number of rotatable bonds is 8. The Morgan fingerprint density at radius 1 is 0.941 bits per heavy atom. The predicted molar refractivity (Wildman–Crippen MR) is 63.1 cm³/mol. The predicted octanol–water partition coefficient (Wildman–Crippen LogP) is 2.92. The fraction of sp³-hybridized carbons (Fsp3) is 0.400. The highest BCUT2D eigenvalue weighted by atomic mass is 32.2. The summed E-state index contributed by atoms with van der Waals surface area (Å²) in [6, 6.07) is 0. The zero-order valence-corrected chi connectivity index (χ0v) is 9.99. The molecule has 0 aromatic heterocycles. The van der Waals surface area contributed by atoms with E-state index in [9.17, 15) is 9.59 Å². The fourth-order valence-electron chi connectivity index (χ4n) is 0.823. The van der Waals surface area contributed by atoms with Gasteiger partial charge in [0, 0.05) is 24.3 Å². The minimum Gasteiger partial charge on any atom is -0.449 e. The zero-order chi connectivity index (χ0) is 13.3. The van der Waals surface area contributed by atoms with Gasteiger partial charge in [-0.2, -0.15) is 11.8 Å². The van der Waals surface area contributed by atoms with E-state index in [1.165, 1.54) is 11.8 Å². The third kappa shape index (κ3) is 10.6. The summed E-state index contributed by atoms with van der Waals surface area (Å²) in [5.74, 6) is 1.63. The molecule has 0 heterocycles. The quantitative estimate of drug-likeness (QED) is 0.394. The number of hydrogen-bond donors (Lipinski definition) is 2. The molecule has 0 aromatic rings. The van der Waals surface area contributed by atoms with Crippen molar-refractivity contribution in [2.45, 2.75) is 12.8 Å². The first kappa shape index (κ1) is 15.4. The number of carbonyl (C=O) groups is 2. The molecule has 96 valence electrons. The van der Waals surface area contributed by atoms with Gasteiger partial charge in [0.2, 0.25) is 0 Å². The molecular formula is C10H14O6S. The molecule has 0 saturated heterocycles. The van der Waals surface area contributed by atoms with E-state index in [4.69, 9.17) is 10.2 Å². The minimum atomic E-state index is -1.37. The third-order valence-electron chi connectivity index (χ3n) is 1.51. The Hall–Kier alpha value is -1.63. The Labute approximate surface area is 103 Å². The SMILES string of the molecule is C=C(CCSCCC(=C)OC(=O)O)OC(=O)O. The first-order valence-electron chi connectivity index (χ1n) is 4.66. The van der Waals surface area contributed by atoms with Crippen LogP contribution in [0.3, 0.4) is 0 Å². The van der Waals surface area contributed by atoms with Crippen LogP contribution >= 0.6 is 11.8 Å².